The highest BCUT2D eigenvalue weighted by molar-refractivity contribution is 5.94. The van der Waals surface area contributed by atoms with Crippen molar-refractivity contribution in [1.29, 1.82) is 0 Å². The maximum Gasteiger partial charge on any atom is 0.276 e. The van der Waals surface area contributed by atoms with E-state index in [2.05, 4.69) is 11.9 Å². The number of carbonyl (C=O) groups is 1. The fourth-order valence-corrected chi connectivity index (χ4v) is 5.63. The lowest BCUT2D eigenvalue weighted by Crippen LogP contribution is -2.63. The fraction of sp³-hybridized carbons (Fsp3) is 0.242. The van der Waals surface area contributed by atoms with Gasteiger partial charge in [0.1, 0.15) is 19.0 Å². The van der Waals surface area contributed by atoms with Gasteiger partial charge in [-0.15, -0.1) is 0 Å². The van der Waals surface area contributed by atoms with Gasteiger partial charge in [-0.2, -0.15) is 5.01 Å². The maximum atomic E-state index is 15.4. The predicted molar refractivity (Wildman–Crippen MR) is 151 cm³/mol. The first-order valence-electron chi connectivity index (χ1n) is 13.6. The van der Waals surface area contributed by atoms with Crippen molar-refractivity contribution in [3.8, 4) is 5.75 Å². The van der Waals surface area contributed by atoms with E-state index < -0.39 is 11.4 Å². The highest BCUT2D eigenvalue weighted by Crippen LogP contribution is 2.46. The maximum absolute atomic E-state index is 15.4. The number of rotatable bonds is 4. The summed E-state index contributed by atoms with van der Waals surface area (Å²) in [5, 5.41) is 4.00. The molecule has 0 aromatic heterocycles. The lowest BCUT2D eigenvalue weighted by atomic mass is 9.82. The summed E-state index contributed by atoms with van der Waals surface area (Å²) in [6.45, 7) is 5.27. The predicted octanol–water partition coefficient (Wildman–Crippen LogP) is 5.95. The zero-order valence-corrected chi connectivity index (χ0v) is 22.7. The van der Waals surface area contributed by atoms with E-state index in [1.54, 1.807) is 11.0 Å². The van der Waals surface area contributed by atoms with Crippen molar-refractivity contribution in [3.05, 3.63) is 137 Å². The summed E-state index contributed by atoms with van der Waals surface area (Å²) < 4.78 is 27.8. The highest BCUT2D eigenvalue weighted by Gasteiger charge is 2.49. The summed E-state index contributed by atoms with van der Waals surface area (Å²) in [5.74, 6) is 0.154. The second kappa shape index (κ2) is 10.7. The van der Waals surface area contributed by atoms with Crippen LogP contribution >= 0.6 is 0 Å². The van der Waals surface area contributed by atoms with Gasteiger partial charge in [0.05, 0.1) is 12.2 Å². The van der Waals surface area contributed by atoms with Crippen molar-refractivity contribution in [3.63, 3.8) is 0 Å². The average Bonchev–Trinajstić information content (AvgIpc) is 3.00. The molecule has 1 fully saturated rings. The molecular formula is C33H32FN3O3. The van der Waals surface area contributed by atoms with E-state index in [0.29, 0.717) is 30.2 Å². The third kappa shape index (κ3) is 4.46. The molecule has 1 amide bonds. The number of benzene rings is 3. The first kappa shape index (κ1) is 25.9. The van der Waals surface area contributed by atoms with Crippen molar-refractivity contribution in [2.75, 3.05) is 19.8 Å². The van der Waals surface area contributed by atoms with Crippen LogP contribution in [0.25, 0.3) is 0 Å². The van der Waals surface area contributed by atoms with Gasteiger partial charge in [0.25, 0.3) is 5.91 Å². The van der Waals surface area contributed by atoms with Crippen LogP contribution in [0.2, 0.25) is 0 Å². The molecule has 3 aliphatic rings. The molecule has 1 saturated heterocycles. The van der Waals surface area contributed by atoms with Crippen molar-refractivity contribution in [2.24, 2.45) is 5.92 Å². The highest BCUT2D eigenvalue weighted by atomic mass is 19.1. The minimum atomic E-state index is -0.914. The molecule has 0 radical (unpaired) electrons. The molecule has 3 heterocycles. The molecule has 2 bridgehead atoms. The molecule has 0 spiro atoms. The van der Waals surface area contributed by atoms with Gasteiger partial charge in [0.15, 0.2) is 17.3 Å². The molecule has 6 nitrogen and oxygen atoms in total. The lowest BCUT2D eigenvalue weighted by molar-refractivity contribution is -0.156. The molecule has 3 aliphatic heterocycles. The number of ether oxygens (including phenoxy) is 2. The summed E-state index contributed by atoms with van der Waals surface area (Å²) in [6.07, 6.45) is 7.69. The topological polar surface area (TPSA) is 45.3 Å². The van der Waals surface area contributed by atoms with E-state index in [0.717, 1.165) is 11.1 Å². The number of para-hydroxylation sites is 1. The molecular weight excluding hydrogens is 505 g/mol. The van der Waals surface area contributed by atoms with E-state index in [4.69, 9.17) is 9.47 Å². The monoisotopic (exact) mass is 537 g/mol. The molecule has 204 valence electrons. The number of hydrazine groups is 1. The number of amides is 1. The summed E-state index contributed by atoms with van der Waals surface area (Å²) in [5.41, 5.74) is 2.17. The molecule has 3 aromatic rings. The smallest absolute Gasteiger partial charge is 0.276 e. The van der Waals surface area contributed by atoms with Crippen LogP contribution in [0.4, 0.5) is 4.39 Å². The lowest BCUT2D eigenvalue weighted by Gasteiger charge is -2.53. The standard InChI is InChI=1S/C33H32FN3O3/c1-24-18-20-36-29(30(24)40-22-25-12-5-3-6-13-25)32(38)35-19-9-10-21-39-31-27(16-11-17-28(31)34)33(2,37(36)23-35)26-14-7-4-8-15-26/h3-18,20,24H,19,21-23H2,1-2H3/b10-9-/t24?,33-/m1/s1. The number of fused-ring (bicyclic) bond motifs is 5. The van der Waals surface area contributed by atoms with Crippen molar-refractivity contribution < 1.29 is 18.7 Å². The van der Waals surface area contributed by atoms with Crippen LogP contribution in [0.15, 0.2) is 115 Å². The van der Waals surface area contributed by atoms with Gasteiger partial charge < -0.3 is 14.4 Å². The van der Waals surface area contributed by atoms with E-state index in [9.17, 15) is 4.79 Å². The largest absolute Gasteiger partial charge is 0.490 e. The Bertz CT molecular complexity index is 1490. The first-order chi connectivity index (χ1) is 19.5. The van der Waals surface area contributed by atoms with Crippen molar-refractivity contribution >= 4 is 5.91 Å². The average molecular weight is 538 g/mol. The second-order valence-electron chi connectivity index (χ2n) is 10.4. The quantitative estimate of drug-likeness (QED) is 0.385. The van der Waals surface area contributed by atoms with Crippen LogP contribution in [0.3, 0.4) is 0 Å². The summed E-state index contributed by atoms with van der Waals surface area (Å²) in [4.78, 5) is 15.9. The zero-order chi connectivity index (χ0) is 27.7. The Morgan fingerprint density at radius 1 is 1.00 bits per heavy atom. The Hall–Kier alpha value is -4.36. The number of hydrogen-bond acceptors (Lipinski definition) is 5. The van der Waals surface area contributed by atoms with E-state index >= 15 is 4.39 Å². The van der Waals surface area contributed by atoms with Crippen molar-refractivity contribution in [1.82, 2.24) is 14.9 Å². The number of nitrogens with zero attached hydrogens (tertiary/aromatic N) is 3. The van der Waals surface area contributed by atoms with Crippen molar-refractivity contribution in [2.45, 2.75) is 26.0 Å². The first-order valence-corrected chi connectivity index (χ1v) is 13.6. The van der Waals surface area contributed by atoms with Crippen LogP contribution in [-0.2, 0) is 21.7 Å². The normalized spacial score (nSPS) is 24.9. The second-order valence-corrected chi connectivity index (χ2v) is 10.4. The SMILES string of the molecule is CC1C=CN2C(=C1OCc1ccccc1)C(=O)N1C/C=C\COc3c(F)cccc3[C@@](C)(c3ccccc3)N2C1. The Morgan fingerprint density at radius 3 is 2.52 bits per heavy atom. The van der Waals surface area contributed by atoms with E-state index in [1.807, 2.05) is 103 Å². The molecule has 3 aromatic carbocycles. The van der Waals surface area contributed by atoms with Gasteiger partial charge >= 0.3 is 0 Å². The number of hydrogen-bond donors (Lipinski definition) is 0. The summed E-state index contributed by atoms with van der Waals surface area (Å²) in [7, 11) is 0. The van der Waals surface area contributed by atoms with Crippen LogP contribution in [0.5, 0.6) is 5.75 Å². The van der Waals surface area contributed by atoms with E-state index in [1.165, 1.54) is 6.07 Å². The van der Waals surface area contributed by atoms with Crippen LogP contribution < -0.4 is 4.74 Å². The minimum absolute atomic E-state index is 0.108. The Labute approximate surface area is 234 Å². The molecule has 0 aliphatic carbocycles. The Balaban J connectivity index is 1.55. The Morgan fingerprint density at radius 2 is 1.75 bits per heavy atom. The molecule has 7 heteroatoms. The van der Waals surface area contributed by atoms with Gasteiger partial charge in [-0.1, -0.05) is 91.9 Å². The molecule has 40 heavy (non-hydrogen) atoms. The third-order valence-electron chi connectivity index (χ3n) is 7.84. The summed E-state index contributed by atoms with van der Waals surface area (Å²) in [6, 6.07) is 24.9. The third-order valence-corrected chi connectivity index (χ3v) is 7.84. The summed E-state index contributed by atoms with van der Waals surface area (Å²) >= 11 is 0. The van der Waals surface area contributed by atoms with Gasteiger partial charge in [-0.3, -0.25) is 9.80 Å². The number of halogens is 1. The van der Waals surface area contributed by atoms with Crippen LogP contribution in [-0.4, -0.2) is 40.6 Å². The van der Waals surface area contributed by atoms with Gasteiger partial charge in [-0.25, -0.2) is 4.39 Å². The van der Waals surface area contributed by atoms with Crippen LogP contribution in [0, 0.1) is 11.7 Å². The molecule has 0 N–H and O–H groups in total. The van der Waals surface area contributed by atoms with Gasteiger partial charge in [0, 0.05) is 24.2 Å². The number of allylic oxidation sites excluding steroid dienone is 1. The van der Waals surface area contributed by atoms with Crippen LogP contribution in [0.1, 0.15) is 30.5 Å². The van der Waals surface area contributed by atoms with E-state index in [-0.39, 0.29) is 30.9 Å². The fourth-order valence-electron chi connectivity index (χ4n) is 5.63. The molecule has 2 unspecified atom stereocenters. The molecule has 6 rings (SSSR count). The minimum Gasteiger partial charge on any atom is -0.490 e. The Kier molecular flexibility index (Phi) is 6.90. The molecule has 3 atom stereocenters. The number of carbonyl (C=O) groups excluding carboxylic acids is 1. The molecule has 0 saturated carbocycles. The van der Waals surface area contributed by atoms with Gasteiger partial charge in [-0.05, 0) is 30.2 Å². The zero-order valence-electron chi connectivity index (χ0n) is 22.7. The van der Waals surface area contributed by atoms with Gasteiger partial charge in [0.2, 0.25) is 0 Å².